The van der Waals surface area contributed by atoms with Crippen LogP contribution in [0.25, 0.3) is 32.5 Å². The minimum Gasteiger partial charge on any atom is -0.384 e. The second kappa shape index (κ2) is 7.61. The molecule has 0 aliphatic rings. The molecular weight excluding hydrogens is 372 g/mol. The molecule has 3 heterocycles. The highest BCUT2D eigenvalue weighted by atomic mass is 32.1. The van der Waals surface area contributed by atoms with Gasteiger partial charge in [0.2, 0.25) is 0 Å². The fourth-order valence-corrected chi connectivity index (χ4v) is 3.84. The van der Waals surface area contributed by atoms with E-state index in [2.05, 4.69) is 31.7 Å². The number of amides is 2. The zero-order valence-corrected chi connectivity index (χ0v) is 16.0. The lowest BCUT2D eigenvalue weighted by Gasteiger charge is -2.07. The van der Waals surface area contributed by atoms with Gasteiger partial charge in [-0.25, -0.2) is 14.8 Å². The number of benzene rings is 1. The van der Waals surface area contributed by atoms with Crippen LogP contribution >= 0.6 is 11.3 Å². The number of aromatic nitrogens is 3. The van der Waals surface area contributed by atoms with Crippen LogP contribution in [0.5, 0.6) is 0 Å². The van der Waals surface area contributed by atoms with Crippen molar-refractivity contribution in [2.45, 2.75) is 6.92 Å². The summed E-state index contributed by atoms with van der Waals surface area (Å²) in [7, 11) is 0. The first-order valence-corrected chi connectivity index (χ1v) is 9.57. The smallest absolute Gasteiger partial charge is 0.321 e. The monoisotopic (exact) mass is 390 g/mol. The lowest BCUT2D eigenvalue weighted by Crippen LogP contribution is -2.28. The number of carbonyl (C=O) groups excluding carboxylic acids is 1. The van der Waals surface area contributed by atoms with E-state index in [1.54, 1.807) is 18.5 Å². The van der Waals surface area contributed by atoms with E-state index < -0.39 is 0 Å². The Hall–Kier alpha value is -3.52. The molecular formula is C20H18N6OS. The van der Waals surface area contributed by atoms with Gasteiger partial charge < -0.3 is 11.1 Å². The zero-order chi connectivity index (χ0) is 19.5. The van der Waals surface area contributed by atoms with E-state index in [1.165, 1.54) is 11.3 Å². The van der Waals surface area contributed by atoms with Gasteiger partial charge in [0.1, 0.15) is 5.82 Å². The van der Waals surface area contributed by atoms with Gasteiger partial charge in [-0.2, -0.15) is 0 Å². The minimum atomic E-state index is -0.271. The van der Waals surface area contributed by atoms with Crippen molar-refractivity contribution in [3.8, 4) is 22.3 Å². The highest BCUT2D eigenvalue weighted by Crippen LogP contribution is 2.38. The predicted octanol–water partition coefficient (Wildman–Crippen LogP) is 4.14. The summed E-state index contributed by atoms with van der Waals surface area (Å²) in [6.45, 7) is 2.41. The van der Waals surface area contributed by atoms with Gasteiger partial charge in [0.25, 0.3) is 0 Å². The quantitative estimate of drug-likeness (QED) is 0.485. The predicted molar refractivity (Wildman–Crippen MR) is 113 cm³/mol. The average molecular weight is 390 g/mol. The Bertz CT molecular complexity index is 1120. The van der Waals surface area contributed by atoms with Crippen LogP contribution in [-0.2, 0) is 0 Å². The number of carbonyl (C=O) groups is 1. The Morgan fingerprint density at radius 3 is 2.75 bits per heavy atom. The topological polar surface area (TPSA) is 106 Å². The lowest BCUT2D eigenvalue weighted by atomic mass is 10.0. The second-order valence-electron chi connectivity index (χ2n) is 6.09. The number of hydrogen-bond donors (Lipinski definition) is 3. The first kappa shape index (κ1) is 17.9. The maximum Gasteiger partial charge on any atom is 0.321 e. The zero-order valence-electron chi connectivity index (χ0n) is 15.1. The third-order valence-corrected chi connectivity index (χ3v) is 5.16. The van der Waals surface area contributed by atoms with Gasteiger partial charge in [-0.05, 0) is 42.8 Å². The molecule has 0 aliphatic carbocycles. The third kappa shape index (κ3) is 3.63. The third-order valence-electron chi connectivity index (χ3n) is 4.14. The van der Waals surface area contributed by atoms with Crippen molar-refractivity contribution in [3.05, 3.63) is 55.0 Å². The fourth-order valence-electron chi connectivity index (χ4n) is 2.87. The molecule has 0 radical (unpaired) electrons. The van der Waals surface area contributed by atoms with E-state index in [1.807, 2.05) is 37.4 Å². The number of nitrogens with two attached hydrogens (primary N) is 1. The second-order valence-corrected chi connectivity index (χ2v) is 7.09. The summed E-state index contributed by atoms with van der Waals surface area (Å²) in [6, 6.07) is 11.4. The number of nitrogen functional groups attached to an aromatic ring is 1. The highest BCUT2D eigenvalue weighted by Gasteiger charge is 2.14. The van der Waals surface area contributed by atoms with Crippen LogP contribution in [0.3, 0.4) is 0 Å². The summed E-state index contributed by atoms with van der Waals surface area (Å²) >= 11 is 1.43. The van der Waals surface area contributed by atoms with Gasteiger partial charge >= 0.3 is 6.03 Å². The number of rotatable bonds is 4. The molecule has 0 fully saturated rings. The first-order chi connectivity index (χ1) is 13.6. The molecule has 7 nitrogen and oxygen atoms in total. The number of nitrogens with zero attached hydrogens (tertiary/aromatic N) is 3. The number of thiazole rings is 1. The summed E-state index contributed by atoms with van der Waals surface area (Å²) in [4.78, 5) is 24.9. The van der Waals surface area contributed by atoms with E-state index in [0.717, 1.165) is 32.5 Å². The summed E-state index contributed by atoms with van der Waals surface area (Å²) in [5, 5.41) is 6.04. The maximum atomic E-state index is 11.9. The van der Waals surface area contributed by atoms with Crippen LogP contribution in [0, 0.1) is 0 Å². The fraction of sp³-hybridized carbons (Fsp3) is 0.100. The van der Waals surface area contributed by atoms with Crippen molar-refractivity contribution in [3.63, 3.8) is 0 Å². The molecule has 2 amide bonds. The van der Waals surface area contributed by atoms with Gasteiger partial charge in [0.15, 0.2) is 5.13 Å². The number of hydrogen-bond acceptors (Lipinski definition) is 6. The van der Waals surface area contributed by atoms with Crippen molar-refractivity contribution in [2.24, 2.45) is 0 Å². The summed E-state index contributed by atoms with van der Waals surface area (Å²) in [5.74, 6) is 0.472. The van der Waals surface area contributed by atoms with Crippen molar-refractivity contribution in [2.75, 3.05) is 17.6 Å². The molecule has 4 rings (SSSR count). The maximum absolute atomic E-state index is 11.9. The molecule has 0 aliphatic heterocycles. The highest BCUT2D eigenvalue weighted by molar-refractivity contribution is 7.22. The Morgan fingerprint density at radius 1 is 1.14 bits per heavy atom. The standard InChI is InChI=1S/C20H18N6OS/c1-2-23-19(27)26-20-25-16-9-14(12-5-6-17(21)24-11-12)8-15(18(16)28-20)13-4-3-7-22-10-13/h3-11H,2H2,1H3,(H2,21,24)(H2,23,25,26,27). The van der Waals surface area contributed by atoms with Crippen LogP contribution in [0.1, 0.15) is 6.92 Å². The largest absolute Gasteiger partial charge is 0.384 e. The Balaban J connectivity index is 1.86. The van der Waals surface area contributed by atoms with E-state index in [0.29, 0.717) is 17.5 Å². The van der Waals surface area contributed by atoms with Gasteiger partial charge in [-0.15, -0.1) is 0 Å². The minimum absolute atomic E-state index is 0.271. The molecule has 1 aromatic carbocycles. The molecule has 4 aromatic rings. The number of nitrogens with one attached hydrogen (secondary N) is 2. The summed E-state index contributed by atoms with van der Waals surface area (Å²) < 4.78 is 0.979. The van der Waals surface area contributed by atoms with Crippen molar-refractivity contribution in [1.29, 1.82) is 0 Å². The Kier molecular flexibility index (Phi) is 4.86. The SMILES string of the molecule is CCNC(=O)Nc1nc2cc(-c3ccc(N)nc3)cc(-c3cccnc3)c2s1. The molecule has 140 valence electrons. The van der Waals surface area contributed by atoms with Crippen LogP contribution < -0.4 is 16.4 Å². The molecule has 0 saturated heterocycles. The van der Waals surface area contributed by atoms with Gasteiger partial charge in [-0.3, -0.25) is 10.3 Å². The summed E-state index contributed by atoms with van der Waals surface area (Å²) in [6.07, 6.45) is 5.29. The lowest BCUT2D eigenvalue weighted by molar-refractivity contribution is 0.252. The molecule has 0 saturated carbocycles. The van der Waals surface area contributed by atoms with E-state index in [9.17, 15) is 4.79 Å². The number of pyridine rings is 2. The van der Waals surface area contributed by atoms with Crippen LogP contribution in [0.15, 0.2) is 55.0 Å². The Labute approximate surface area is 165 Å². The van der Waals surface area contributed by atoms with Crippen LogP contribution in [0.4, 0.5) is 15.7 Å². The van der Waals surface area contributed by atoms with Crippen molar-refractivity contribution in [1.82, 2.24) is 20.3 Å². The summed E-state index contributed by atoms with van der Waals surface area (Å²) in [5.41, 5.74) is 10.4. The first-order valence-electron chi connectivity index (χ1n) is 8.76. The number of fused-ring (bicyclic) bond motifs is 1. The molecule has 4 N–H and O–H groups in total. The number of urea groups is 1. The normalized spacial score (nSPS) is 10.8. The average Bonchev–Trinajstić information content (AvgIpc) is 3.10. The molecule has 0 unspecified atom stereocenters. The number of anilines is 2. The van der Waals surface area contributed by atoms with E-state index in [4.69, 9.17) is 5.73 Å². The van der Waals surface area contributed by atoms with Crippen LogP contribution in [0.2, 0.25) is 0 Å². The molecule has 8 heteroatoms. The Morgan fingerprint density at radius 2 is 2.04 bits per heavy atom. The van der Waals surface area contributed by atoms with Gasteiger partial charge in [-0.1, -0.05) is 17.4 Å². The van der Waals surface area contributed by atoms with E-state index in [-0.39, 0.29) is 6.03 Å². The van der Waals surface area contributed by atoms with E-state index >= 15 is 0 Å². The molecule has 28 heavy (non-hydrogen) atoms. The molecule has 0 spiro atoms. The van der Waals surface area contributed by atoms with Crippen molar-refractivity contribution < 1.29 is 4.79 Å². The van der Waals surface area contributed by atoms with Crippen LogP contribution in [-0.4, -0.2) is 27.5 Å². The van der Waals surface area contributed by atoms with Gasteiger partial charge in [0, 0.05) is 41.8 Å². The molecule has 0 atom stereocenters. The molecule has 0 bridgehead atoms. The van der Waals surface area contributed by atoms with Crippen molar-refractivity contribution >= 4 is 38.5 Å². The van der Waals surface area contributed by atoms with Gasteiger partial charge in [0.05, 0.1) is 10.2 Å². The molecule has 3 aromatic heterocycles.